The zero-order valence-electron chi connectivity index (χ0n) is 18.0. The second-order valence-corrected chi connectivity index (χ2v) is 8.14. The summed E-state index contributed by atoms with van der Waals surface area (Å²) in [5.41, 5.74) is 15.7. The second-order valence-electron chi connectivity index (χ2n) is 8.14. The van der Waals surface area contributed by atoms with Crippen molar-refractivity contribution in [2.24, 2.45) is 0 Å². The highest BCUT2D eigenvalue weighted by molar-refractivity contribution is 6.14. The van der Waals surface area contributed by atoms with E-state index in [1.54, 1.807) is 0 Å². The molecule has 5 aromatic carbocycles. The van der Waals surface area contributed by atoms with Crippen molar-refractivity contribution in [3.63, 3.8) is 0 Å². The number of nitrogens with one attached hydrogen (secondary N) is 3. The summed E-state index contributed by atoms with van der Waals surface area (Å²) in [6.07, 6.45) is 0. The van der Waals surface area contributed by atoms with Crippen LogP contribution in [0.3, 0.4) is 0 Å². The van der Waals surface area contributed by atoms with E-state index in [2.05, 4.69) is 107 Å². The number of benzene rings is 5. The van der Waals surface area contributed by atoms with Crippen molar-refractivity contribution in [3.8, 4) is 22.3 Å². The second kappa shape index (κ2) is 8.21. The van der Waals surface area contributed by atoms with Crippen LogP contribution in [0.2, 0.25) is 0 Å². The highest BCUT2D eigenvalue weighted by Crippen LogP contribution is 2.40. The Morgan fingerprint density at radius 1 is 0.455 bits per heavy atom. The molecule has 3 heteroatoms. The van der Waals surface area contributed by atoms with Gasteiger partial charge in [-0.15, -0.1) is 0 Å². The lowest BCUT2D eigenvalue weighted by atomic mass is 9.92. The van der Waals surface area contributed by atoms with Gasteiger partial charge in [0.25, 0.3) is 0 Å². The average molecular weight is 426 g/mol. The lowest BCUT2D eigenvalue weighted by molar-refractivity contribution is 1.41. The first-order valence-electron chi connectivity index (χ1n) is 11.1. The summed E-state index contributed by atoms with van der Waals surface area (Å²) >= 11 is 0. The Labute approximate surface area is 192 Å². The fraction of sp³-hybridized carbons (Fsp3) is 0. The minimum Gasteiger partial charge on any atom is -0.354 e. The van der Waals surface area contributed by atoms with Crippen LogP contribution in [0.4, 0.5) is 11.4 Å². The first-order valence-corrected chi connectivity index (χ1v) is 11.1. The number of H-pyrrole nitrogens is 1. The summed E-state index contributed by atoms with van der Waals surface area (Å²) in [6, 6.07) is 42.3. The number of para-hydroxylation sites is 2. The molecule has 0 atom stereocenters. The summed E-state index contributed by atoms with van der Waals surface area (Å²) in [7, 11) is 0. The third-order valence-corrected chi connectivity index (χ3v) is 6.07. The molecule has 0 spiro atoms. The summed E-state index contributed by atoms with van der Waals surface area (Å²) in [5.74, 6) is 0. The van der Waals surface area contributed by atoms with Gasteiger partial charge in [-0.05, 0) is 47.0 Å². The molecule has 0 fully saturated rings. The molecule has 0 unspecified atom stereocenters. The van der Waals surface area contributed by atoms with Crippen LogP contribution in [0, 0.1) is 0 Å². The van der Waals surface area contributed by atoms with Crippen molar-refractivity contribution in [1.82, 2.24) is 4.98 Å². The highest BCUT2D eigenvalue weighted by atomic mass is 15.4. The maximum absolute atomic E-state index is 3.69. The third-order valence-electron chi connectivity index (χ3n) is 6.07. The Bertz CT molecular complexity index is 1530. The van der Waals surface area contributed by atoms with Crippen molar-refractivity contribution in [2.45, 2.75) is 0 Å². The van der Waals surface area contributed by atoms with Crippen LogP contribution in [-0.4, -0.2) is 4.98 Å². The molecule has 0 amide bonds. The highest BCUT2D eigenvalue weighted by Gasteiger charge is 2.15. The SMILES string of the molecule is c1ccc(NNc2ccc(-c3c(-c4ccccc4)ccc4c3[nH]c3ccccc34)cc2)cc1. The van der Waals surface area contributed by atoms with Gasteiger partial charge in [0.2, 0.25) is 0 Å². The Balaban J connectivity index is 1.46. The quantitative estimate of drug-likeness (QED) is 0.244. The van der Waals surface area contributed by atoms with Crippen LogP contribution in [0.25, 0.3) is 44.1 Å². The molecule has 1 heterocycles. The summed E-state index contributed by atoms with van der Waals surface area (Å²) in [5, 5.41) is 2.49. The Morgan fingerprint density at radius 2 is 1.09 bits per heavy atom. The molecule has 158 valence electrons. The number of hydrazine groups is 1. The van der Waals surface area contributed by atoms with Crippen LogP contribution < -0.4 is 10.9 Å². The van der Waals surface area contributed by atoms with Crippen LogP contribution in [0.5, 0.6) is 0 Å². The molecule has 0 aliphatic rings. The number of hydrogen-bond acceptors (Lipinski definition) is 2. The van der Waals surface area contributed by atoms with Crippen molar-refractivity contribution >= 4 is 33.2 Å². The van der Waals surface area contributed by atoms with E-state index in [9.17, 15) is 0 Å². The molecule has 0 aliphatic heterocycles. The van der Waals surface area contributed by atoms with E-state index in [0.717, 1.165) is 16.9 Å². The van der Waals surface area contributed by atoms with Gasteiger partial charge in [-0.2, -0.15) is 0 Å². The van der Waals surface area contributed by atoms with E-state index >= 15 is 0 Å². The van der Waals surface area contributed by atoms with Gasteiger partial charge in [0.1, 0.15) is 0 Å². The van der Waals surface area contributed by atoms with E-state index in [1.165, 1.54) is 38.5 Å². The topological polar surface area (TPSA) is 39.8 Å². The molecule has 3 nitrogen and oxygen atoms in total. The van der Waals surface area contributed by atoms with Gasteiger partial charge < -0.3 is 15.8 Å². The molecule has 1 aromatic heterocycles. The predicted octanol–water partition coefficient (Wildman–Crippen LogP) is 8.09. The standard InChI is InChI=1S/C30H23N3/c1-3-9-21(10-4-1)25-19-20-27-26-13-7-8-14-28(26)31-30(27)29(25)22-15-17-24(18-16-22)33-32-23-11-5-2-6-12-23/h1-20,31-33H. The maximum Gasteiger partial charge on any atom is 0.0550 e. The van der Waals surface area contributed by atoms with E-state index in [-0.39, 0.29) is 0 Å². The largest absolute Gasteiger partial charge is 0.354 e. The minimum absolute atomic E-state index is 1.01. The zero-order valence-corrected chi connectivity index (χ0v) is 18.0. The smallest absolute Gasteiger partial charge is 0.0550 e. The Kier molecular flexibility index (Phi) is 4.78. The third kappa shape index (κ3) is 3.60. The molecule has 0 saturated heterocycles. The molecule has 0 radical (unpaired) electrons. The minimum atomic E-state index is 1.01. The van der Waals surface area contributed by atoms with Gasteiger partial charge in [0.15, 0.2) is 0 Å². The van der Waals surface area contributed by atoms with E-state index in [1.807, 2.05) is 30.3 Å². The summed E-state index contributed by atoms with van der Waals surface area (Å²) < 4.78 is 0. The average Bonchev–Trinajstić information content (AvgIpc) is 3.27. The summed E-state index contributed by atoms with van der Waals surface area (Å²) in [6.45, 7) is 0. The number of anilines is 2. The van der Waals surface area contributed by atoms with Crippen molar-refractivity contribution < 1.29 is 0 Å². The van der Waals surface area contributed by atoms with Gasteiger partial charge in [-0.25, -0.2) is 0 Å². The monoisotopic (exact) mass is 425 g/mol. The van der Waals surface area contributed by atoms with Gasteiger partial charge in [-0.1, -0.05) is 91.0 Å². The van der Waals surface area contributed by atoms with Crippen LogP contribution in [0.15, 0.2) is 121 Å². The Morgan fingerprint density at radius 3 is 1.85 bits per heavy atom. The molecule has 33 heavy (non-hydrogen) atoms. The number of rotatable bonds is 5. The molecule has 0 saturated carbocycles. The molecule has 6 aromatic rings. The number of aromatic nitrogens is 1. The molecule has 0 aliphatic carbocycles. The van der Waals surface area contributed by atoms with E-state index in [0.29, 0.717) is 0 Å². The normalized spacial score (nSPS) is 11.0. The summed E-state index contributed by atoms with van der Waals surface area (Å²) in [4.78, 5) is 3.69. The molecular weight excluding hydrogens is 402 g/mol. The van der Waals surface area contributed by atoms with Crippen molar-refractivity contribution in [3.05, 3.63) is 121 Å². The number of aromatic amines is 1. The number of hydrogen-bond donors (Lipinski definition) is 3. The first-order chi connectivity index (χ1) is 16.4. The molecule has 3 N–H and O–H groups in total. The van der Waals surface area contributed by atoms with E-state index in [4.69, 9.17) is 0 Å². The maximum atomic E-state index is 3.69. The fourth-order valence-corrected chi connectivity index (χ4v) is 4.46. The predicted molar refractivity (Wildman–Crippen MR) is 140 cm³/mol. The van der Waals surface area contributed by atoms with Gasteiger partial charge >= 0.3 is 0 Å². The van der Waals surface area contributed by atoms with Crippen LogP contribution >= 0.6 is 0 Å². The van der Waals surface area contributed by atoms with Gasteiger partial charge in [0, 0.05) is 21.9 Å². The van der Waals surface area contributed by atoms with Crippen molar-refractivity contribution in [1.29, 1.82) is 0 Å². The van der Waals surface area contributed by atoms with E-state index < -0.39 is 0 Å². The molecule has 0 bridgehead atoms. The van der Waals surface area contributed by atoms with Gasteiger partial charge in [-0.3, -0.25) is 0 Å². The lowest BCUT2D eigenvalue weighted by Crippen LogP contribution is -2.08. The van der Waals surface area contributed by atoms with Crippen LogP contribution in [-0.2, 0) is 0 Å². The molecular formula is C30H23N3. The van der Waals surface area contributed by atoms with Crippen molar-refractivity contribution in [2.75, 3.05) is 10.9 Å². The lowest BCUT2D eigenvalue weighted by Gasteiger charge is -2.14. The van der Waals surface area contributed by atoms with Gasteiger partial charge in [0.05, 0.1) is 16.9 Å². The zero-order chi connectivity index (χ0) is 22.0. The molecule has 6 rings (SSSR count). The first kappa shape index (κ1) is 19.2. The van der Waals surface area contributed by atoms with Crippen LogP contribution in [0.1, 0.15) is 0 Å². The Hall–Kier alpha value is -4.50. The fourth-order valence-electron chi connectivity index (χ4n) is 4.46. The number of fused-ring (bicyclic) bond motifs is 3.